The lowest BCUT2D eigenvalue weighted by atomic mass is 10.1. The van der Waals surface area contributed by atoms with Crippen molar-refractivity contribution in [2.45, 2.75) is 13.0 Å². The molecule has 2 aromatic rings. The van der Waals surface area contributed by atoms with E-state index in [1.165, 1.54) is 0 Å². The molecule has 0 radical (unpaired) electrons. The number of amides is 2. The van der Waals surface area contributed by atoms with Gasteiger partial charge in [0.2, 0.25) is 11.8 Å². The Hall–Kier alpha value is -2.69. The number of nitrogens with zero attached hydrogens (tertiary/aromatic N) is 2. The lowest BCUT2D eigenvalue weighted by Crippen LogP contribution is -2.32. The zero-order valence-electron chi connectivity index (χ0n) is 12.1. The maximum atomic E-state index is 12.2. The highest BCUT2D eigenvalue weighted by Gasteiger charge is 2.34. The van der Waals surface area contributed by atoms with Gasteiger partial charge in [0.25, 0.3) is 0 Å². The highest BCUT2D eigenvalue weighted by molar-refractivity contribution is 6.00. The molecule has 1 unspecified atom stereocenters. The number of aromatic nitrogens is 1. The molecule has 3 rings (SSSR count). The van der Waals surface area contributed by atoms with Crippen LogP contribution in [0.4, 0.5) is 5.69 Å². The summed E-state index contributed by atoms with van der Waals surface area (Å²) >= 11 is 0. The molecule has 1 N–H and O–H groups in total. The molecule has 2 heterocycles. The van der Waals surface area contributed by atoms with E-state index in [2.05, 4.69) is 10.3 Å². The summed E-state index contributed by atoms with van der Waals surface area (Å²) in [7, 11) is 0. The standard InChI is InChI=1S/C17H17N3O2/c21-16-9-14(12-20(16)15-6-2-1-3-7-15)17(22)19-11-13-5-4-8-18-10-13/h1-8,10,14H,9,11-12H2,(H,19,22). The van der Waals surface area contributed by atoms with Gasteiger partial charge in [0.05, 0.1) is 5.92 Å². The Balaban J connectivity index is 1.59. The molecule has 1 fully saturated rings. The Kier molecular flexibility index (Phi) is 4.14. The average molecular weight is 295 g/mol. The van der Waals surface area contributed by atoms with Crippen LogP contribution < -0.4 is 10.2 Å². The summed E-state index contributed by atoms with van der Waals surface area (Å²) in [6, 6.07) is 13.2. The fourth-order valence-electron chi connectivity index (χ4n) is 2.58. The number of anilines is 1. The SMILES string of the molecule is O=C(NCc1cccnc1)C1CC(=O)N(c2ccccc2)C1. The van der Waals surface area contributed by atoms with Crippen molar-refractivity contribution in [1.29, 1.82) is 0 Å². The van der Waals surface area contributed by atoms with Crippen LogP contribution in [0.25, 0.3) is 0 Å². The van der Waals surface area contributed by atoms with Crippen LogP contribution >= 0.6 is 0 Å². The molecule has 1 aliphatic heterocycles. The third-order valence-electron chi connectivity index (χ3n) is 3.75. The Morgan fingerprint density at radius 2 is 2.05 bits per heavy atom. The number of benzene rings is 1. The summed E-state index contributed by atoms with van der Waals surface area (Å²) in [5.74, 6) is -0.396. The molecule has 5 nitrogen and oxygen atoms in total. The molecule has 1 saturated heterocycles. The van der Waals surface area contributed by atoms with Gasteiger partial charge in [-0.1, -0.05) is 24.3 Å². The van der Waals surface area contributed by atoms with Crippen molar-refractivity contribution in [2.75, 3.05) is 11.4 Å². The Bertz CT molecular complexity index is 658. The molecule has 2 amide bonds. The quantitative estimate of drug-likeness (QED) is 0.934. The maximum absolute atomic E-state index is 12.2. The predicted octanol–water partition coefficient (Wildman–Crippen LogP) is 1.75. The van der Waals surface area contributed by atoms with E-state index in [9.17, 15) is 9.59 Å². The van der Waals surface area contributed by atoms with Crippen molar-refractivity contribution in [3.05, 3.63) is 60.4 Å². The Labute approximate surface area is 129 Å². The second kappa shape index (κ2) is 6.39. The van der Waals surface area contributed by atoms with Gasteiger partial charge in [-0.3, -0.25) is 14.6 Å². The van der Waals surface area contributed by atoms with Crippen LogP contribution in [0, 0.1) is 5.92 Å². The van der Waals surface area contributed by atoms with E-state index in [-0.39, 0.29) is 24.2 Å². The Morgan fingerprint density at radius 3 is 2.77 bits per heavy atom. The summed E-state index contributed by atoms with van der Waals surface area (Å²) in [5.41, 5.74) is 1.79. The zero-order valence-corrected chi connectivity index (χ0v) is 12.1. The lowest BCUT2D eigenvalue weighted by molar-refractivity contribution is -0.126. The third kappa shape index (κ3) is 3.14. The molecular formula is C17H17N3O2. The van der Waals surface area contributed by atoms with E-state index in [0.29, 0.717) is 13.1 Å². The van der Waals surface area contributed by atoms with Crippen LogP contribution in [0.15, 0.2) is 54.9 Å². The van der Waals surface area contributed by atoms with Gasteiger partial charge in [-0.05, 0) is 23.8 Å². The van der Waals surface area contributed by atoms with Crippen molar-refractivity contribution in [3.8, 4) is 0 Å². The van der Waals surface area contributed by atoms with Gasteiger partial charge in [0.1, 0.15) is 0 Å². The van der Waals surface area contributed by atoms with Gasteiger partial charge in [-0.15, -0.1) is 0 Å². The smallest absolute Gasteiger partial charge is 0.227 e. The van der Waals surface area contributed by atoms with Crippen LogP contribution in [-0.4, -0.2) is 23.3 Å². The number of carbonyl (C=O) groups excluding carboxylic acids is 2. The van der Waals surface area contributed by atoms with E-state index in [1.807, 2.05) is 42.5 Å². The van der Waals surface area contributed by atoms with Crippen molar-refractivity contribution < 1.29 is 9.59 Å². The zero-order chi connectivity index (χ0) is 15.4. The van der Waals surface area contributed by atoms with Crippen LogP contribution in [0.3, 0.4) is 0 Å². The molecule has 1 aromatic heterocycles. The van der Waals surface area contributed by atoms with Crippen molar-refractivity contribution in [3.63, 3.8) is 0 Å². The monoisotopic (exact) mass is 295 g/mol. The first-order valence-electron chi connectivity index (χ1n) is 7.26. The number of para-hydroxylation sites is 1. The van der Waals surface area contributed by atoms with Crippen LogP contribution in [-0.2, 0) is 16.1 Å². The second-order valence-corrected chi connectivity index (χ2v) is 5.32. The first kappa shape index (κ1) is 14.3. The topological polar surface area (TPSA) is 62.3 Å². The van der Waals surface area contributed by atoms with Gasteiger partial charge in [-0.2, -0.15) is 0 Å². The van der Waals surface area contributed by atoms with Crippen LogP contribution in [0.1, 0.15) is 12.0 Å². The van der Waals surface area contributed by atoms with Gasteiger partial charge < -0.3 is 10.2 Å². The highest BCUT2D eigenvalue weighted by atomic mass is 16.2. The molecule has 22 heavy (non-hydrogen) atoms. The molecule has 0 spiro atoms. The van der Waals surface area contributed by atoms with E-state index >= 15 is 0 Å². The average Bonchev–Trinajstić information content (AvgIpc) is 2.96. The van der Waals surface area contributed by atoms with Gasteiger partial charge in [0.15, 0.2) is 0 Å². The van der Waals surface area contributed by atoms with E-state index in [4.69, 9.17) is 0 Å². The number of hydrogen-bond acceptors (Lipinski definition) is 3. The minimum atomic E-state index is -0.302. The van der Waals surface area contributed by atoms with E-state index in [1.54, 1.807) is 17.3 Å². The minimum absolute atomic E-state index is 0.00673. The first-order chi connectivity index (χ1) is 10.7. The maximum Gasteiger partial charge on any atom is 0.227 e. The molecule has 1 aromatic carbocycles. The normalized spacial score (nSPS) is 17.5. The number of carbonyl (C=O) groups is 2. The molecule has 0 bridgehead atoms. The van der Waals surface area contributed by atoms with Crippen LogP contribution in [0.2, 0.25) is 0 Å². The molecule has 0 saturated carbocycles. The first-order valence-corrected chi connectivity index (χ1v) is 7.26. The number of rotatable bonds is 4. The third-order valence-corrected chi connectivity index (χ3v) is 3.75. The number of nitrogens with one attached hydrogen (secondary N) is 1. The number of hydrogen-bond donors (Lipinski definition) is 1. The molecule has 112 valence electrons. The lowest BCUT2D eigenvalue weighted by Gasteiger charge is -2.16. The Morgan fingerprint density at radius 1 is 1.23 bits per heavy atom. The fourth-order valence-corrected chi connectivity index (χ4v) is 2.58. The second-order valence-electron chi connectivity index (χ2n) is 5.32. The summed E-state index contributed by atoms with van der Waals surface area (Å²) in [5, 5.41) is 2.88. The number of pyridine rings is 1. The summed E-state index contributed by atoms with van der Waals surface area (Å²) in [6.07, 6.45) is 3.67. The van der Waals surface area contributed by atoms with E-state index in [0.717, 1.165) is 11.3 Å². The molecule has 1 aliphatic rings. The van der Waals surface area contributed by atoms with Crippen molar-refractivity contribution in [1.82, 2.24) is 10.3 Å². The molecular weight excluding hydrogens is 278 g/mol. The fraction of sp³-hybridized carbons (Fsp3) is 0.235. The summed E-state index contributed by atoms with van der Waals surface area (Å²) < 4.78 is 0. The highest BCUT2D eigenvalue weighted by Crippen LogP contribution is 2.24. The van der Waals surface area contributed by atoms with Gasteiger partial charge >= 0.3 is 0 Å². The van der Waals surface area contributed by atoms with Crippen LogP contribution in [0.5, 0.6) is 0 Å². The summed E-state index contributed by atoms with van der Waals surface area (Å²) in [6.45, 7) is 0.865. The predicted molar refractivity (Wildman–Crippen MR) is 83.0 cm³/mol. The molecule has 5 heteroatoms. The van der Waals surface area contributed by atoms with Crippen molar-refractivity contribution in [2.24, 2.45) is 5.92 Å². The van der Waals surface area contributed by atoms with E-state index < -0.39 is 0 Å². The van der Waals surface area contributed by atoms with Gasteiger partial charge in [-0.25, -0.2) is 0 Å². The summed E-state index contributed by atoms with van der Waals surface area (Å²) in [4.78, 5) is 30.0. The molecule has 0 aliphatic carbocycles. The van der Waals surface area contributed by atoms with Crippen molar-refractivity contribution >= 4 is 17.5 Å². The van der Waals surface area contributed by atoms with Gasteiger partial charge in [0, 0.05) is 37.6 Å². The molecule has 1 atom stereocenters. The largest absolute Gasteiger partial charge is 0.352 e. The minimum Gasteiger partial charge on any atom is -0.352 e.